The van der Waals surface area contributed by atoms with Crippen molar-refractivity contribution < 1.29 is 14.3 Å². The van der Waals surface area contributed by atoms with Gasteiger partial charge >= 0.3 is 0 Å². The number of methoxy groups -OCH3 is 2. The van der Waals surface area contributed by atoms with Crippen molar-refractivity contribution in [2.24, 2.45) is 0 Å². The Labute approximate surface area is 143 Å². The molecule has 0 spiro atoms. The Hall–Kier alpha value is -2.69. The molecule has 0 saturated carbocycles. The summed E-state index contributed by atoms with van der Waals surface area (Å²) in [6.45, 7) is 3.62. The smallest absolute Gasteiger partial charge is 0.223 e. The van der Waals surface area contributed by atoms with Crippen LogP contribution in [0.1, 0.15) is 25.5 Å². The van der Waals surface area contributed by atoms with Gasteiger partial charge in [0, 0.05) is 37.0 Å². The van der Waals surface area contributed by atoms with Gasteiger partial charge in [-0.25, -0.2) is 0 Å². The van der Waals surface area contributed by atoms with Crippen molar-refractivity contribution in [3.8, 4) is 11.5 Å². The second-order valence-electron chi connectivity index (χ2n) is 5.60. The number of nitrogens with zero attached hydrogens (tertiary/aromatic N) is 1. The molecule has 5 nitrogen and oxygen atoms in total. The van der Waals surface area contributed by atoms with E-state index in [0.717, 1.165) is 28.4 Å². The van der Waals surface area contributed by atoms with Crippen molar-refractivity contribution in [3.63, 3.8) is 0 Å². The lowest BCUT2D eigenvalue weighted by molar-refractivity contribution is -0.116. The monoisotopic (exact) mass is 328 g/mol. The highest BCUT2D eigenvalue weighted by Crippen LogP contribution is 2.31. The number of anilines is 2. The van der Waals surface area contributed by atoms with Gasteiger partial charge in [0.25, 0.3) is 0 Å². The van der Waals surface area contributed by atoms with E-state index in [1.807, 2.05) is 42.5 Å². The lowest BCUT2D eigenvalue weighted by Crippen LogP contribution is -2.22. The maximum atomic E-state index is 11.4. The zero-order valence-electron chi connectivity index (χ0n) is 14.8. The zero-order valence-corrected chi connectivity index (χ0v) is 14.8. The summed E-state index contributed by atoms with van der Waals surface area (Å²) in [5.41, 5.74) is 2.88. The molecule has 24 heavy (non-hydrogen) atoms. The van der Waals surface area contributed by atoms with Crippen LogP contribution in [0.15, 0.2) is 42.5 Å². The Morgan fingerprint density at radius 1 is 1.08 bits per heavy atom. The minimum Gasteiger partial charge on any atom is -0.497 e. The van der Waals surface area contributed by atoms with Gasteiger partial charge in [0.2, 0.25) is 5.91 Å². The lowest BCUT2D eigenvalue weighted by atomic mass is 10.1. The van der Waals surface area contributed by atoms with E-state index in [1.165, 1.54) is 0 Å². The molecule has 0 bridgehead atoms. The fourth-order valence-corrected chi connectivity index (χ4v) is 2.47. The molecule has 2 aromatic carbocycles. The minimum atomic E-state index is 0.00652. The van der Waals surface area contributed by atoms with Crippen LogP contribution in [0.25, 0.3) is 0 Å². The van der Waals surface area contributed by atoms with Crippen LogP contribution in [0.3, 0.4) is 0 Å². The normalized spacial score (nSPS) is 11.5. The first-order chi connectivity index (χ1) is 11.5. The van der Waals surface area contributed by atoms with E-state index in [0.29, 0.717) is 0 Å². The van der Waals surface area contributed by atoms with E-state index >= 15 is 0 Å². The number of nitrogens with one attached hydrogen (secondary N) is 1. The third-order valence-electron chi connectivity index (χ3n) is 4.02. The molecule has 0 unspecified atom stereocenters. The zero-order chi connectivity index (χ0) is 17.7. The summed E-state index contributed by atoms with van der Waals surface area (Å²) in [5.74, 6) is 1.55. The maximum absolute atomic E-state index is 11.4. The molecule has 2 aromatic rings. The van der Waals surface area contributed by atoms with E-state index in [2.05, 4.69) is 12.2 Å². The summed E-state index contributed by atoms with van der Waals surface area (Å²) in [7, 11) is 5.04. The van der Waals surface area contributed by atoms with Crippen molar-refractivity contribution in [2.45, 2.75) is 19.9 Å². The first-order valence-electron chi connectivity index (χ1n) is 7.79. The molecule has 1 N–H and O–H groups in total. The van der Waals surface area contributed by atoms with Crippen LogP contribution in [0, 0.1) is 0 Å². The van der Waals surface area contributed by atoms with Gasteiger partial charge in [-0.2, -0.15) is 0 Å². The fourth-order valence-electron chi connectivity index (χ4n) is 2.47. The van der Waals surface area contributed by atoms with Crippen LogP contribution in [0.2, 0.25) is 0 Å². The van der Waals surface area contributed by atoms with Gasteiger partial charge in [0.15, 0.2) is 0 Å². The quantitative estimate of drug-likeness (QED) is 0.875. The molecule has 0 aromatic heterocycles. The molecule has 0 aliphatic carbocycles. The molecule has 5 heteroatoms. The van der Waals surface area contributed by atoms with Crippen molar-refractivity contribution in [3.05, 3.63) is 48.0 Å². The van der Waals surface area contributed by atoms with Crippen LogP contribution in [-0.2, 0) is 4.79 Å². The second kappa shape index (κ2) is 7.73. The number of benzene rings is 2. The number of rotatable bonds is 6. The molecule has 1 atom stereocenters. The summed E-state index contributed by atoms with van der Waals surface area (Å²) in [6.07, 6.45) is 0. The molecule has 2 rings (SSSR count). The molecular formula is C19H24N2O3. The number of amides is 1. The number of carbonyl (C=O) groups is 1. The van der Waals surface area contributed by atoms with Crippen molar-refractivity contribution >= 4 is 17.3 Å². The van der Waals surface area contributed by atoms with Gasteiger partial charge in [0.05, 0.1) is 20.3 Å². The molecule has 0 heterocycles. The van der Waals surface area contributed by atoms with Crippen molar-refractivity contribution in [2.75, 3.05) is 31.5 Å². The predicted octanol–water partition coefficient (Wildman–Crippen LogP) is 3.86. The van der Waals surface area contributed by atoms with Crippen LogP contribution < -0.4 is 19.7 Å². The predicted molar refractivity (Wildman–Crippen MR) is 97.1 cm³/mol. The highest BCUT2D eigenvalue weighted by molar-refractivity contribution is 5.91. The van der Waals surface area contributed by atoms with E-state index in [1.54, 1.807) is 33.1 Å². The molecule has 0 aliphatic heterocycles. The highest BCUT2D eigenvalue weighted by atomic mass is 16.5. The minimum absolute atomic E-state index is 0.00652. The molecule has 0 saturated heterocycles. The second-order valence-corrected chi connectivity index (χ2v) is 5.60. The average Bonchev–Trinajstić information content (AvgIpc) is 2.60. The fraction of sp³-hybridized carbons (Fsp3) is 0.316. The third-order valence-corrected chi connectivity index (χ3v) is 4.02. The summed E-state index contributed by atoms with van der Waals surface area (Å²) in [6, 6.07) is 13.6. The largest absolute Gasteiger partial charge is 0.497 e. The number of carbonyl (C=O) groups excluding carboxylic acids is 1. The van der Waals surface area contributed by atoms with Crippen LogP contribution >= 0.6 is 0 Å². The van der Waals surface area contributed by atoms with E-state index < -0.39 is 0 Å². The number of hydrogen-bond acceptors (Lipinski definition) is 4. The summed E-state index contributed by atoms with van der Waals surface area (Å²) in [5, 5.41) is 3.44. The lowest BCUT2D eigenvalue weighted by Gasteiger charge is -2.20. The molecule has 128 valence electrons. The van der Waals surface area contributed by atoms with Crippen LogP contribution in [-0.4, -0.2) is 27.2 Å². The molecular weight excluding hydrogens is 304 g/mol. The highest BCUT2D eigenvalue weighted by Gasteiger charge is 2.13. The van der Waals surface area contributed by atoms with Gasteiger partial charge in [0.1, 0.15) is 11.5 Å². The van der Waals surface area contributed by atoms with E-state index in [9.17, 15) is 4.79 Å². The van der Waals surface area contributed by atoms with Gasteiger partial charge in [-0.15, -0.1) is 0 Å². The summed E-state index contributed by atoms with van der Waals surface area (Å²) in [4.78, 5) is 13.0. The maximum Gasteiger partial charge on any atom is 0.223 e. The topological polar surface area (TPSA) is 50.8 Å². The number of hydrogen-bond donors (Lipinski definition) is 1. The Morgan fingerprint density at radius 3 is 2.29 bits per heavy atom. The Balaban J connectivity index is 2.15. The van der Waals surface area contributed by atoms with Gasteiger partial charge < -0.3 is 19.7 Å². The van der Waals surface area contributed by atoms with Gasteiger partial charge in [-0.3, -0.25) is 4.79 Å². The Morgan fingerprint density at radius 2 is 1.75 bits per heavy atom. The van der Waals surface area contributed by atoms with Crippen molar-refractivity contribution in [1.29, 1.82) is 0 Å². The molecule has 1 amide bonds. The average molecular weight is 328 g/mol. The van der Waals surface area contributed by atoms with Crippen LogP contribution in [0.5, 0.6) is 11.5 Å². The third kappa shape index (κ3) is 3.98. The first-order valence-corrected chi connectivity index (χ1v) is 7.79. The summed E-state index contributed by atoms with van der Waals surface area (Å²) < 4.78 is 10.7. The first kappa shape index (κ1) is 17.7. The van der Waals surface area contributed by atoms with E-state index in [-0.39, 0.29) is 11.9 Å². The van der Waals surface area contributed by atoms with Crippen LogP contribution in [0.4, 0.5) is 11.4 Å². The molecule has 0 fully saturated rings. The number of ether oxygens (including phenoxy) is 2. The van der Waals surface area contributed by atoms with Gasteiger partial charge in [-0.05, 0) is 43.3 Å². The van der Waals surface area contributed by atoms with Gasteiger partial charge in [-0.1, -0.05) is 0 Å². The Bertz CT molecular complexity index is 698. The SMILES string of the molecule is COc1ccc([C@@H](C)Nc2ccc(N(C)C(C)=O)cc2)c(OC)c1. The van der Waals surface area contributed by atoms with E-state index in [4.69, 9.17) is 9.47 Å². The summed E-state index contributed by atoms with van der Waals surface area (Å²) >= 11 is 0. The Kier molecular flexibility index (Phi) is 5.68. The molecule has 0 radical (unpaired) electrons. The van der Waals surface area contributed by atoms with Crippen molar-refractivity contribution in [1.82, 2.24) is 0 Å². The molecule has 0 aliphatic rings. The standard InChI is InChI=1S/C19H24N2O3/c1-13(18-11-10-17(23-4)12-19(18)24-5)20-15-6-8-16(9-7-15)21(3)14(2)22/h6-13,20H,1-5H3/t13-/m1/s1.